The van der Waals surface area contributed by atoms with Crippen molar-refractivity contribution >= 4 is 23.0 Å². The van der Waals surface area contributed by atoms with Gasteiger partial charge in [-0.1, -0.05) is 61.5 Å². The summed E-state index contributed by atoms with van der Waals surface area (Å²) in [6.07, 6.45) is 2.53. The minimum Gasteiger partial charge on any atom is -0.345 e. The maximum Gasteiger partial charge on any atom is 0.287 e. The van der Waals surface area contributed by atoms with Crippen molar-refractivity contribution in [3.05, 3.63) is 102 Å². The van der Waals surface area contributed by atoms with E-state index in [2.05, 4.69) is 15.6 Å². The average molecular weight is 398 g/mol. The van der Waals surface area contributed by atoms with E-state index in [-0.39, 0.29) is 23.3 Å². The molecule has 0 fully saturated rings. The Balaban J connectivity index is 1.62. The first-order chi connectivity index (χ1) is 14.7. The number of pyridine rings is 1. The van der Waals surface area contributed by atoms with E-state index in [0.717, 1.165) is 23.2 Å². The first-order valence-electron chi connectivity index (χ1n) is 9.86. The zero-order valence-corrected chi connectivity index (χ0v) is 16.6. The minimum absolute atomic E-state index is 0.176. The molecule has 0 bridgehead atoms. The van der Waals surface area contributed by atoms with Crippen LogP contribution < -0.4 is 10.6 Å². The van der Waals surface area contributed by atoms with E-state index in [1.165, 1.54) is 0 Å². The van der Waals surface area contributed by atoms with E-state index in [4.69, 9.17) is 0 Å². The lowest BCUT2D eigenvalue weighted by atomic mass is 10.1. The van der Waals surface area contributed by atoms with Gasteiger partial charge >= 0.3 is 0 Å². The van der Waals surface area contributed by atoms with Crippen molar-refractivity contribution in [2.24, 2.45) is 0 Å². The van der Waals surface area contributed by atoms with Crippen molar-refractivity contribution < 1.29 is 9.59 Å². The van der Waals surface area contributed by atoms with E-state index in [0.29, 0.717) is 12.1 Å². The number of rotatable bonds is 6. The van der Waals surface area contributed by atoms with E-state index < -0.39 is 0 Å². The first kappa shape index (κ1) is 19.4. The van der Waals surface area contributed by atoms with Crippen LogP contribution >= 0.6 is 0 Å². The van der Waals surface area contributed by atoms with Crippen molar-refractivity contribution in [2.75, 3.05) is 5.32 Å². The molecule has 4 aromatic rings. The smallest absolute Gasteiger partial charge is 0.287 e. The number of fused-ring (bicyclic) bond motifs is 1. The highest BCUT2D eigenvalue weighted by Gasteiger charge is 2.21. The minimum atomic E-state index is -0.346. The Bertz CT molecular complexity index is 1200. The number of para-hydroxylation sites is 1. The number of carbonyl (C=O) groups excluding carboxylic acids is 2. The van der Waals surface area contributed by atoms with Crippen LogP contribution in [0, 0.1) is 0 Å². The molecule has 6 nitrogen and oxygen atoms in total. The molecule has 6 heteroatoms. The summed E-state index contributed by atoms with van der Waals surface area (Å²) in [7, 11) is 0. The van der Waals surface area contributed by atoms with Gasteiger partial charge in [-0.2, -0.15) is 0 Å². The second-order valence-corrected chi connectivity index (χ2v) is 6.87. The number of amides is 2. The number of nitrogens with zero attached hydrogens (tertiary/aromatic N) is 2. The van der Waals surface area contributed by atoms with Gasteiger partial charge in [0.15, 0.2) is 5.69 Å². The molecular weight excluding hydrogens is 376 g/mol. The third-order valence-corrected chi connectivity index (χ3v) is 4.91. The van der Waals surface area contributed by atoms with Crippen LogP contribution in [0.3, 0.4) is 0 Å². The zero-order valence-electron chi connectivity index (χ0n) is 16.6. The molecule has 0 saturated carbocycles. The fourth-order valence-electron chi connectivity index (χ4n) is 3.35. The number of aryl methyl sites for hydroxylation is 1. The van der Waals surface area contributed by atoms with Gasteiger partial charge in [0.05, 0.1) is 5.52 Å². The fraction of sp³-hybridized carbons (Fsp3) is 0.125. The highest BCUT2D eigenvalue weighted by molar-refractivity contribution is 6.09. The molecule has 0 saturated heterocycles. The van der Waals surface area contributed by atoms with E-state index in [9.17, 15) is 9.59 Å². The fourth-order valence-corrected chi connectivity index (χ4v) is 3.35. The Morgan fingerprint density at radius 2 is 1.63 bits per heavy atom. The summed E-state index contributed by atoms with van der Waals surface area (Å²) < 4.78 is 1.64. The van der Waals surface area contributed by atoms with Crippen LogP contribution in [-0.4, -0.2) is 21.2 Å². The SMILES string of the molecule is CCc1ccccc1NC(=O)c1nc(C(=O)NCc2ccccc2)n2ccccc12. The third-order valence-electron chi connectivity index (χ3n) is 4.91. The van der Waals surface area contributed by atoms with Gasteiger partial charge in [-0.25, -0.2) is 4.98 Å². The van der Waals surface area contributed by atoms with E-state index in [1.807, 2.05) is 67.6 Å². The lowest BCUT2D eigenvalue weighted by molar-refractivity contribution is 0.0940. The second kappa shape index (κ2) is 8.61. The standard InChI is InChI=1S/C24H22N4O2/c1-2-18-12-6-7-13-19(18)26-23(29)21-20-14-8-9-15-28(20)22(27-21)24(30)25-16-17-10-4-3-5-11-17/h3-15H,2,16H2,1H3,(H,25,30)(H,26,29). The van der Waals surface area contributed by atoms with Crippen molar-refractivity contribution in [3.63, 3.8) is 0 Å². The lowest BCUT2D eigenvalue weighted by Crippen LogP contribution is -2.25. The Morgan fingerprint density at radius 1 is 0.900 bits per heavy atom. The summed E-state index contributed by atoms with van der Waals surface area (Å²) in [4.78, 5) is 30.2. The molecule has 0 radical (unpaired) electrons. The van der Waals surface area contributed by atoms with E-state index >= 15 is 0 Å². The quantitative estimate of drug-likeness (QED) is 0.514. The number of nitrogens with one attached hydrogen (secondary N) is 2. The van der Waals surface area contributed by atoms with Gasteiger partial charge in [0.25, 0.3) is 11.8 Å². The third kappa shape index (κ3) is 3.93. The number of hydrogen-bond donors (Lipinski definition) is 2. The van der Waals surface area contributed by atoms with Gasteiger partial charge in [0.2, 0.25) is 5.82 Å². The molecule has 30 heavy (non-hydrogen) atoms. The summed E-state index contributed by atoms with van der Waals surface area (Å²) in [6, 6.07) is 22.7. The number of imidazole rings is 1. The van der Waals surface area contributed by atoms with Crippen molar-refractivity contribution in [2.45, 2.75) is 19.9 Å². The molecule has 0 aliphatic carbocycles. The van der Waals surface area contributed by atoms with Crippen molar-refractivity contribution in [3.8, 4) is 0 Å². The van der Waals surface area contributed by atoms with Crippen molar-refractivity contribution in [1.82, 2.24) is 14.7 Å². The Kier molecular flexibility index (Phi) is 5.57. The first-order valence-corrected chi connectivity index (χ1v) is 9.86. The summed E-state index contributed by atoms with van der Waals surface area (Å²) in [6.45, 7) is 2.42. The molecule has 0 spiro atoms. The maximum atomic E-state index is 13.0. The number of hydrogen-bond acceptors (Lipinski definition) is 3. The molecule has 2 amide bonds. The molecule has 2 N–H and O–H groups in total. The predicted octanol–water partition coefficient (Wildman–Crippen LogP) is 4.08. The molecule has 0 aliphatic heterocycles. The predicted molar refractivity (Wildman–Crippen MR) is 117 cm³/mol. The Labute approximate surface area is 174 Å². The monoisotopic (exact) mass is 398 g/mol. The van der Waals surface area contributed by atoms with Crippen LogP contribution in [-0.2, 0) is 13.0 Å². The Hall–Kier alpha value is -3.93. The molecule has 2 aromatic heterocycles. The lowest BCUT2D eigenvalue weighted by Gasteiger charge is -2.08. The summed E-state index contributed by atoms with van der Waals surface area (Å²) in [5.41, 5.74) is 3.56. The number of carbonyl (C=O) groups is 2. The van der Waals surface area contributed by atoms with Gasteiger partial charge in [0, 0.05) is 18.4 Å². The number of anilines is 1. The molecule has 0 unspecified atom stereocenters. The van der Waals surface area contributed by atoms with Crippen LogP contribution in [0.4, 0.5) is 5.69 Å². The number of benzene rings is 2. The average Bonchev–Trinajstić information content (AvgIpc) is 3.18. The van der Waals surface area contributed by atoms with Crippen molar-refractivity contribution in [1.29, 1.82) is 0 Å². The van der Waals surface area contributed by atoms with Crippen LogP contribution in [0.1, 0.15) is 39.2 Å². The molecule has 2 aromatic carbocycles. The summed E-state index contributed by atoms with van der Waals surface area (Å²) in [5, 5.41) is 5.81. The molecule has 4 rings (SSSR count). The summed E-state index contributed by atoms with van der Waals surface area (Å²) >= 11 is 0. The van der Waals surface area contributed by atoms with E-state index in [1.54, 1.807) is 22.7 Å². The van der Waals surface area contributed by atoms with Gasteiger partial charge in [0.1, 0.15) is 0 Å². The number of aromatic nitrogens is 2. The molecule has 0 atom stereocenters. The second-order valence-electron chi connectivity index (χ2n) is 6.87. The maximum absolute atomic E-state index is 13.0. The topological polar surface area (TPSA) is 75.5 Å². The summed E-state index contributed by atoms with van der Waals surface area (Å²) in [5.74, 6) is -0.509. The largest absolute Gasteiger partial charge is 0.345 e. The highest BCUT2D eigenvalue weighted by Crippen LogP contribution is 2.19. The van der Waals surface area contributed by atoms with Crippen LogP contribution in [0.5, 0.6) is 0 Å². The van der Waals surface area contributed by atoms with Crippen LogP contribution in [0.2, 0.25) is 0 Å². The van der Waals surface area contributed by atoms with Gasteiger partial charge in [-0.15, -0.1) is 0 Å². The molecule has 150 valence electrons. The van der Waals surface area contributed by atoms with Gasteiger partial charge < -0.3 is 10.6 Å². The zero-order chi connectivity index (χ0) is 20.9. The van der Waals surface area contributed by atoms with Crippen LogP contribution in [0.25, 0.3) is 5.52 Å². The molecule has 2 heterocycles. The Morgan fingerprint density at radius 3 is 2.43 bits per heavy atom. The van der Waals surface area contributed by atoms with Crippen LogP contribution in [0.15, 0.2) is 79.0 Å². The highest BCUT2D eigenvalue weighted by atomic mass is 16.2. The molecule has 0 aliphatic rings. The van der Waals surface area contributed by atoms with Gasteiger partial charge in [-0.3, -0.25) is 14.0 Å². The molecular formula is C24H22N4O2. The van der Waals surface area contributed by atoms with Gasteiger partial charge in [-0.05, 0) is 35.7 Å². The normalized spacial score (nSPS) is 10.7.